The lowest BCUT2D eigenvalue weighted by atomic mass is 10.2. The first-order valence-corrected chi connectivity index (χ1v) is 11.3. The van der Waals surface area contributed by atoms with Gasteiger partial charge in [-0.2, -0.15) is 0 Å². The summed E-state index contributed by atoms with van der Waals surface area (Å²) in [6.45, 7) is 9.36. The van der Waals surface area contributed by atoms with Crippen LogP contribution in [0.2, 0.25) is 0 Å². The van der Waals surface area contributed by atoms with Crippen LogP contribution in [0, 0.1) is 0 Å². The van der Waals surface area contributed by atoms with Gasteiger partial charge in [0.25, 0.3) is 0 Å². The van der Waals surface area contributed by atoms with Gasteiger partial charge in [0.1, 0.15) is 6.61 Å². The van der Waals surface area contributed by atoms with Crippen molar-refractivity contribution in [3.63, 3.8) is 0 Å². The molecule has 0 bridgehead atoms. The summed E-state index contributed by atoms with van der Waals surface area (Å²) >= 11 is 0. The molecule has 30 heavy (non-hydrogen) atoms. The van der Waals surface area contributed by atoms with E-state index in [0.717, 1.165) is 38.5 Å². The largest absolute Gasteiger partial charge is 0.481 e. The fraction of sp³-hybridized carbons (Fsp3) is 0.909. The third-order valence-electron chi connectivity index (χ3n) is 4.23. The van der Waals surface area contributed by atoms with Gasteiger partial charge in [0, 0.05) is 19.4 Å². The van der Waals surface area contributed by atoms with Crippen molar-refractivity contribution in [2.45, 2.75) is 104 Å². The van der Waals surface area contributed by atoms with E-state index >= 15 is 0 Å². The summed E-state index contributed by atoms with van der Waals surface area (Å²) in [6.07, 6.45) is 5.68. The number of carboxylic acids is 1. The smallest absolute Gasteiger partial charge is 0.310 e. The van der Waals surface area contributed by atoms with E-state index in [4.69, 9.17) is 28.8 Å². The summed E-state index contributed by atoms with van der Waals surface area (Å²) in [5.41, 5.74) is 0. The fourth-order valence-electron chi connectivity index (χ4n) is 2.48. The molecule has 0 aliphatic carbocycles. The number of hydrogen-bond acceptors (Lipinski definition) is 7. The lowest BCUT2D eigenvalue weighted by molar-refractivity contribution is -0.424. The Bertz CT molecular complexity index is 431. The van der Waals surface area contributed by atoms with Crippen LogP contribution in [0.25, 0.3) is 0 Å². The van der Waals surface area contributed by atoms with Gasteiger partial charge >= 0.3 is 17.9 Å². The highest BCUT2D eigenvalue weighted by molar-refractivity contribution is 5.69. The monoisotopic (exact) mass is 434 g/mol. The lowest BCUT2D eigenvalue weighted by Crippen LogP contribution is -2.47. The summed E-state index contributed by atoms with van der Waals surface area (Å²) < 4.78 is 28.9. The van der Waals surface area contributed by atoms with E-state index in [2.05, 4.69) is 20.8 Å². The van der Waals surface area contributed by atoms with Gasteiger partial charge in [-0.3, -0.25) is 14.3 Å². The molecule has 0 fully saturated rings. The van der Waals surface area contributed by atoms with Crippen molar-refractivity contribution >= 4 is 11.9 Å². The van der Waals surface area contributed by atoms with E-state index in [9.17, 15) is 9.59 Å². The Morgan fingerprint density at radius 2 is 1.37 bits per heavy atom. The number of ether oxygens (including phenoxy) is 5. The van der Waals surface area contributed by atoms with Gasteiger partial charge in [-0.15, -0.1) is 0 Å². The zero-order chi connectivity index (χ0) is 22.7. The van der Waals surface area contributed by atoms with Crippen molar-refractivity contribution in [3.05, 3.63) is 0 Å². The Kier molecular flexibility index (Phi) is 17.8. The van der Waals surface area contributed by atoms with Gasteiger partial charge in [-0.1, -0.05) is 40.0 Å². The number of carboxylic acid groups (broad SMARTS) is 1. The minimum atomic E-state index is -1.43. The molecule has 8 heteroatoms. The number of hydrogen-bond donors (Lipinski definition) is 1. The second kappa shape index (κ2) is 18.5. The number of aliphatic carboxylic acids is 1. The van der Waals surface area contributed by atoms with Crippen molar-refractivity contribution in [2.24, 2.45) is 0 Å². The normalized spacial score (nSPS) is 12.7. The van der Waals surface area contributed by atoms with E-state index in [1.807, 2.05) is 0 Å². The Balaban J connectivity index is 4.86. The minimum absolute atomic E-state index is 0.0358. The summed E-state index contributed by atoms with van der Waals surface area (Å²) in [6, 6.07) is 0. The molecule has 0 aromatic heterocycles. The van der Waals surface area contributed by atoms with Crippen molar-refractivity contribution in [3.8, 4) is 0 Å². The summed E-state index contributed by atoms with van der Waals surface area (Å²) in [5, 5.41) is 8.66. The Morgan fingerprint density at radius 1 is 0.833 bits per heavy atom. The second-order valence-electron chi connectivity index (χ2n) is 7.27. The maximum atomic E-state index is 12.0. The molecule has 0 aromatic carbocycles. The molecule has 0 amide bonds. The van der Waals surface area contributed by atoms with Gasteiger partial charge in [-0.25, -0.2) is 0 Å². The first kappa shape index (κ1) is 28.8. The zero-order valence-corrected chi connectivity index (χ0v) is 19.3. The molecule has 0 aliphatic rings. The number of unbranched alkanes of at least 4 members (excludes halogenated alkanes) is 4. The van der Waals surface area contributed by atoms with Crippen LogP contribution in [0.15, 0.2) is 0 Å². The average Bonchev–Trinajstić information content (AvgIpc) is 2.69. The highest BCUT2D eigenvalue weighted by Gasteiger charge is 2.37. The van der Waals surface area contributed by atoms with Crippen LogP contribution in [0.1, 0.15) is 91.9 Å². The van der Waals surface area contributed by atoms with E-state index in [1.165, 1.54) is 0 Å². The van der Waals surface area contributed by atoms with Crippen molar-refractivity contribution in [1.82, 2.24) is 0 Å². The first-order chi connectivity index (χ1) is 14.4. The number of carbonyl (C=O) groups excluding carboxylic acids is 1. The first-order valence-electron chi connectivity index (χ1n) is 11.3. The summed E-state index contributed by atoms with van der Waals surface area (Å²) in [4.78, 5) is 22.6. The predicted octanol–water partition coefficient (Wildman–Crippen LogP) is 4.64. The molecule has 0 saturated carbocycles. The van der Waals surface area contributed by atoms with Crippen molar-refractivity contribution in [1.29, 1.82) is 0 Å². The van der Waals surface area contributed by atoms with Gasteiger partial charge in [0.05, 0.1) is 13.2 Å². The van der Waals surface area contributed by atoms with E-state index in [-0.39, 0.29) is 19.4 Å². The summed E-state index contributed by atoms with van der Waals surface area (Å²) in [7, 11) is 0. The predicted molar refractivity (Wildman–Crippen MR) is 113 cm³/mol. The molecular formula is C22H42O8. The molecule has 0 aromatic rings. The summed E-state index contributed by atoms with van der Waals surface area (Å²) in [5.74, 6) is -2.75. The van der Waals surface area contributed by atoms with Gasteiger partial charge in [0.2, 0.25) is 6.29 Å². The third-order valence-corrected chi connectivity index (χ3v) is 4.23. The van der Waals surface area contributed by atoms with Gasteiger partial charge in [-0.05, 0) is 39.0 Å². The molecule has 0 heterocycles. The van der Waals surface area contributed by atoms with Crippen LogP contribution < -0.4 is 0 Å². The number of esters is 1. The molecule has 178 valence electrons. The molecule has 1 unspecified atom stereocenters. The Morgan fingerprint density at radius 3 is 1.90 bits per heavy atom. The van der Waals surface area contributed by atoms with E-state index in [1.54, 1.807) is 6.92 Å². The topological polar surface area (TPSA) is 101 Å². The molecule has 0 rings (SSSR count). The van der Waals surface area contributed by atoms with Crippen LogP contribution in [0.4, 0.5) is 0 Å². The molecule has 1 N–H and O–H groups in total. The molecule has 1 atom stereocenters. The Hall–Kier alpha value is -1.22. The molecule has 8 nitrogen and oxygen atoms in total. The average molecular weight is 435 g/mol. The van der Waals surface area contributed by atoms with Crippen LogP contribution in [0.3, 0.4) is 0 Å². The van der Waals surface area contributed by atoms with E-state index < -0.39 is 24.2 Å². The standard InChI is InChI=1S/C22H42O8/c1-5-8-15-26-18-22(27-16-9-6-2,28-17-10-7-3)30-19(4)29-21(25)14-12-11-13-20(23)24/h19H,5-18H2,1-4H3,(H,23,24). The molecule has 0 saturated heterocycles. The molecule has 0 aliphatic heterocycles. The van der Waals surface area contributed by atoms with Gasteiger partial charge < -0.3 is 24.1 Å². The van der Waals surface area contributed by atoms with Crippen molar-refractivity contribution in [2.75, 3.05) is 26.4 Å². The second-order valence-corrected chi connectivity index (χ2v) is 7.27. The highest BCUT2D eigenvalue weighted by Crippen LogP contribution is 2.22. The molecule has 0 spiro atoms. The lowest BCUT2D eigenvalue weighted by Gasteiger charge is -2.35. The third kappa shape index (κ3) is 15.6. The minimum Gasteiger partial charge on any atom is -0.481 e. The number of carbonyl (C=O) groups is 2. The SMILES string of the molecule is CCCCOCC(OCCCC)(OCCCC)OC(C)OC(=O)CCCCC(=O)O. The maximum absolute atomic E-state index is 12.0. The molecule has 0 radical (unpaired) electrons. The van der Waals surface area contributed by atoms with Crippen LogP contribution in [0.5, 0.6) is 0 Å². The van der Waals surface area contributed by atoms with Gasteiger partial charge in [0.15, 0.2) is 0 Å². The van der Waals surface area contributed by atoms with Crippen molar-refractivity contribution < 1.29 is 38.4 Å². The van der Waals surface area contributed by atoms with Crippen LogP contribution >= 0.6 is 0 Å². The van der Waals surface area contributed by atoms with E-state index in [0.29, 0.717) is 32.7 Å². The number of rotatable bonds is 21. The van der Waals surface area contributed by atoms with Crippen LogP contribution in [-0.4, -0.2) is 55.7 Å². The fourth-order valence-corrected chi connectivity index (χ4v) is 2.48. The zero-order valence-electron chi connectivity index (χ0n) is 19.3. The highest BCUT2D eigenvalue weighted by atomic mass is 16.9. The maximum Gasteiger partial charge on any atom is 0.310 e. The molecular weight excluding hydrogens is 392 g/mol. The van der Waals surface area contributed by atoms with Crippen LogP contribution in [-0.2, 0) is 33.3 Å². The Labute approximate surface area is 181 Å². The quantitative estimate of drug-likeness (QED) is 0.158.